The van der Waals surface area contributed by atoms with Crippen LogP contribution in [0.1, 0.15) is 31.7 Å². The molecule has 25 heavy (non-hydrogen) atoms. The Kier molecular flexibility index (Phi) is 5.97. The van der Waals surface area contributed by atoms with E-state index in [1.807, 2.05) is 18.2 Å². The molecule has 1 aromatic rings. The number of nitrogens with one attached hydrogen (secondary N) is 1. The number of cyclic esters (lactones) is 1. The number of nitrogens with zero attached hydrogens (tertiary/aromatic N) is 1. The number of hydrogen-bond donors (Lipinski definition) is 1. The fraction of sp³-hybridized carbons (Fsp3) is 0.650. The van der Waals surface area contributed by atoms with Gasteiger partial charge in [0.15, 0.2) is 0 Å². The smallest absolute Gasteiger partial charge is 0.312 e. The molecular formula is C20H30N2O3. The lowest BCUT2D eigenvalue weighted by Gasteiger charge is -2.29. The molecule has 3 rings (SSSR count). The Labute approximate surface area is 150 Å². The summed E-state index contributed by atoms with van der Waals surface area (Å²) < 4.78 is 11.6. The number of carbonyl (C=O) groups is 1. The molecule has 5 heteroatoms. The van der Waals surface area contributed by atoms with E-state index in [2.05, 4.69) is 30.3 Å². The molecule has 138 valence electrons. The van der Waals surface area contributed by atoms with Crippen LogP contribution in [0, 0.1) is 5.41 Å². The molecule has 2 aliphatic rings. The average Bonchev–Trinajstić information content (AvgIpc) is 2.90. The number of benzene rings is 1. The van der Waals surface area contributed by atoms with E-state index >= 15 is 0 Å². The van der Waals surface area contributed by atoms with E-state index in [9.17, 15) is 4.79 Å². The van der Waals surface area contributed by atoms with Crippen LogP contribution < -0.4 is 10.1 Å². The summed E-state index contributed by atoms with van der Waals surface area (Å²) in [4.78, 5) is 14.5. The molecule has 0 saturated carbocycles. The maximum atomic E-state index is 12.3. The van der Waals surface area contributed by atoms with Gasteiger partial charge in [0.1, 0.15) is 18.5 Å². The van der Waals surface area contributed by atoms with Crippen LogP contribution in [0.4, 0.5) is 0 Å². The zero-order valence-electron chi connectivity index (χ0n) is 15.4. The minimum absolute atomic E-state index is 0.0125. The Hall–Kier alpha value is -1.59. The molecular weight excluding hydrogens is 316 g/mol. The van der Waals surface area contributed by atoms with Crippen LogP contribution in [0.15, 0.2) is 24.3 Å². The second-order valence-electron chi connectivity index (χ2n) is 7.33. The van der Waals surface area contributed by atoms with Crippen LogP contribution in [0.25, 0.3) is 0 Å². The van der Waals surface area contributed by atoms with E-state index in [0.29, 0.717) is 6.61 Å². The van der Waals surface area contributed by atoms with Crippen molar-refractivity contribution >= 4 is 5.97 Å². The van der Waals surface area contributed by atoms with Gasteiger partial charge in [0.2, 0.25) is 0 Å². The van der Waals surface area contributed by atoms with Crippen LogP contribution in [0.5, 0.6) is 5.75 Å². The quantitative estimate of drug-likeness (QED) is 0.768. The molecule has 2 heterocycles. The van der Waals surface area contributed by atoms with Gasteiger partial charge in [-0.05, 0) is 51.0 Å². The minimum atomic E-state index is -0.229. The van der Waals surface area contributed by atoms with E-state index in [4.69, 9.17) is 9.47 Å². The Morgan fingerprint density at radius 1 is 1.32 bits per heavy atom. The summed E-state index contributed by atoms with van der Waals surface area (Å²) in [6.45, 7) is 6.22. The number of rotatable bonds is 7. The molecule has 2 fully saturated rings. The SMILES string of the molecule is CCc1ccccc1OCCN(C)CC1CC2(CCNCC2)C(=O)O1. The lowest BCUT2D eigenvalue weighted by Crippen LogP contribution is -2.39. The van der Waals surface area contributed by atoms with Gasteiger partial charge in [-0.1, -0.05) is 25.1 Å². The van der Waals surface area contributed by atoms with Crippen molar-refractivity contribution in [2.24, 2.45) is 5.41 Å². The third-order valence-corrected chi connectivity index (χ3v) is 5.49. The molecule has 2 aliphatic heterocycles. The van der Waals surface area contributed by atoms with Gasteiger partial charge in [-0.15, -0.1) is 0 Å². The summed E-state index contributed by atoms with van der Waals surface area (Å²) >= 11 is 0. The van der Waals surface area contributed by atoms with Crippen molar-refractivity contribution in [3.63, 3.8) is 0 Å². The van der Waals surface area contributed by atoms with Gasteiger partial charge in [0, 0.05) is 19.5 Å². The van der Waals surface area contributed by atoms with Crippen molar-refractivity contribution in [3.05, 3.63) is 29.8 Å². The molecule has 0 aliphatic carbocycles. The highest BCUT2D eigenvalue weighted by molar-refractivity contribution is 5.79. The second-order valence-corrected chi connectivity index (χ2v) is 7.33. The number of piperidine rings is 1. The molecule has 0 aromatic heterocycles. The molecule has 1 aromatic carbocycles. The molecule has 5 nitrogen and oxygen atoms in total. The summed E-state index contributed by atoms with van der Waals surface area (Å²) in [6, 6.07) is 8.19. The van der Waals surface area contributed by atoms with Gasteiger partial charge in [-0.2, -0.15) is 0 Å². The summed E-state index contributed by atoms with van der Waals surface area (Å²) in [5, 5.41) is 3.33. The summed E-state index contributed by atoms with van der Waals surface area (Å²) in [6.07, 6.45) is 3.66. The molecule has 0 bridgehead atoms. The number of ether oxygens (including phenoxy) is 2. The van der Waals surface area contributed by atoms with Gasteiger partial charge in [0.05, 0.1) is 5.41 Å². The highest BCUT2D eigenvalue weighted by Gasteiger charge is 2.49. The van der Waals surface area contributed by atoms with E-state index in [0.717, 1.165) is 57.6 Å². The largest absolute Gasteiger partial charge is 0.492 e. The van der Waals surface area contributed by atoms with Crippen LogP contribution in [0.2, 0.25) is 0 Å². The number of hydrogen-bond acceptors (Lipinski definition) is 5. The first-order chi connectivity index (χ1) is 12.1. The topological polar surface area (TPSA) is 50.8 Å². The highest BCUT2D eigenvalue weighted by atomic mass is 16.6. The van der Waals surface area contributed by atoms with Crippen molar-refractivity contribution in [2.45, 2.75) is 38.7 Å². The number of likely N-dealkylation sites (N-methyl/N-ethyl adjacent to an activating group) is 1. The normalized spacial score (nSPS) is 22.4. The highest BCUT2D eigenvalue weighted by Crippen LogP contribution is 2.41. The van der Waals surface area contributed by atoms with Gasteiger partial charge in [-0.25, -0.2) is 0 Å². The van der Waals surface area contributed by atoms with Crippen molar-refractivity contribution in [1.29, 1.82) is 0 Å². The van der Waals surface area contributed by atoms with Gasteiger partial charge in [0.25, 0.3) is 0 Å². The average molecular weight is 346 g/mol. The molecule has 0 radical (unpaired) electrons. The van der Waals surface area contributed by atoms with Gasteiger partial charge < -0.3 is 14.8 Å². The third-order valence-electron chi connectivity index (χ3n) is 5.49. The Balaban J connectivity index is 1.44. The first-order valence-electron chi connectivity index (χ1n) is 9.44. The summed E-state index contributed by atoms with van der Waals surface area (Å²) in [5.74, 6) is 0.986. The van der Waals surface area contributed by atoms with Crippen molar-refractivity contribution in [2.75, 3.05) is 39.8 Å². The van der Waals surface area contributed by atoms with Crippen LogP contribution >= 0.6 is 0 Å². The fourth-order valence-electron chi connectivity index (χ4n) is 3.94. The first kappa shape index (κ1) is 18.2. The van der Waals surface area contributed by atoms with Crippen LogP contribution in [-0.4, -0.2) is 56.8 Å². The second kappa shape index (κ2) is 8.19. The number of aryl methyl sites for hydroxylation is 1. The third kappa shape index (κ3) is 4.33. The molecule has 1 atom stereocenters. The monoisotopic (exact) mass is 346 g/mol. The first-order valence-corrected chi connectivity index (χ1v) is 9.44. The molecule has 1 N–H and O–H groups in total. The lowest BCUT2D eigenvalue weighted by molar-refractivity contribution is -0.150. The van der Waals surface area contributed by atoms with E-state index in [1.54, 1.807) is 0 Å². The molecule has 0 amide bonds. The maximum absolute atomic E-state index is 12.3. The number of para-hydroxylation sites is 1. The zero-order valence-corrected chi connectivity index (χ0v) is 15.4. The van der Waals surface area contributed by atoms with E-state index in [1.165, 1.54) is 5.56 Å². The van der Waals surface area contributed by atoms with Crippen molar-refractivity contribution < 1.29 is 14.3 Å². The standard InChI is InChI=1S/C20H30N2O3/c1-3-16-6-4-5-7-18(16)24-13-12-22(2)15-17-14-20(19(23)25-17)8-10-21-11-9-20/h4-7,17,21H,3,8-15H2,1-2H3. The minimum Gasteiger partial charge on any atom is -0.492 e. The van der Waals surface area contributed by atoms with Crippen LogP contribution in [-0.2, 0) is 16.0 Å². The molecule has 1 spiro atoms. The predicted molar refractivity (Wildman–Crippen MR) is 97.8 cm³/mol. The maximum Gasteiger partial charge on any atom is 0.312 e. The lowest BCUT2D eigenvalue weighted by atomic mass is 9.76. The van der Waals surface area contributed by atoms with Gasteiger partial charge in [-0.3, -0.25) is 9.69 Å². The van der Waals surface area contributed by atoms with E-state index < -0.39 is 0 Å². The number of carbonyl (C=O) groups excluding carboxylic acids is 1. The molecule has 2 saturated heterocycles. The van der Waals surface area contributed by atoms with Crippen molar-refractivity contribution in [1.82, 2.24) is 10.2 Å². The zero-order chi connectivity index (χ0) is 17.7. The molecule has 1 unspecified atom stereocenters. The summed E-state index contributed by atoms with van der Waals surface area (Å²) in [5.41, 5.74) is 1.01. The fourth-order valence-corrected chi connectivity index (χ4v) is 3.94. The Morgan fingerprint density at radius 2 is 2.08 bits per heavy atom. The van der Waals surface area contributed by atoms with Crippen LogP contribution in [0.3, 0.4) is 0 Å². The van der Waals surface area contributed by atoms with Crippen molar-refractivity contribution in [3.8, 4) is 5.75 Å². The van der Waals surface area contributed by atoms with E-state index in [-0.39, 0.29) is 17.5 Å². The summed E-state index contributed by atoms with van der Waals surface area (Å²) in [7, 11) is 2.07. The Bertz CT molecular complexity index is 584. The number of esters is 1. The van der Waals surface area contributed by atoms with Gasteiger partial charge >= 0.3 is 5.97 Å². The Morgan fingerprint density at radius 3 is 2.84 bits per heavy atom. The predicted octanol–water partition coefficient (Wildman–Crippen LogP) is 2.24.